The number of anilines is 1. The summed E-state index contributed by atoms with van der Waals surface area (Å²) in [5, 5.41) is 8.87. The molecule has 1 atom stereocenters. The van der Waals surface area contributed by atoms with Crippen molar-refractivity contribution in [3.63, 3.8) is 0 Å². The van der Waals surface area contributed by atoms with Crippen LogP contribution >= 0.6 is 12.4 Å². The second kappa shape index (κ2) is 4.96. The van der Waals surface area contributed by atoms with E-state index in [1.807, 2.05) is 12.1 Å². The fourth-order valence-corrected chi connectivity index (χ4v) is 1.74. The normalized spacial score (nSPS) is 19.5. The van der Waals surface area contributed by atoms with Crippen molar-refractivity contribution in [2.24, 2.45) is 5.73 Å². The molecule has 2 rings (SSSR count). The summed E-state index contributed by atoms with van der Waals surface area (Å²) in [4.78, 5) is 6.14. The van der Waals surface area contributed by atoms with Crippen molar-refractivity contribution in [1.29, 1.82) is 5.26 Å². The third kappa shape index (κ3) is 2.38. The van der Waals surface area contributed by atoms with E-state index in [1.54, 1.807) is 6.20 Å². The molecule has 5 heteroatoms. The molecule has 0 unspecified atom stereocenters. The minimum atomic E-state index is 0. The van der Waals surface area contributed by atoms with Crippen LogP contribution in [0.25, 0.3) is 0 Å². The second-order valence-corrected chi connectivity index (χ2v) is 3.48. The predicted octanol–water partition coefficient (Wildman–Crippen LogP) is 0.912. The van der Waals surface area contributed by atoms with Crippen LogP contribution in [0.5, 0.6) is 0 Å². The smallest absolute Gasteiger partial charge is 0.163 e. The SMILES string of the molecule is Cl.N#Cc1ncccc1N1CC[C@H](N)C1. The number of halogens is 1. The van der Waals surface area contributed by atoms with E-state index in [0.717, 1.165) is 25.2 Å². The van der Waals surface area contributed by atoms with Crippen LogP contribution in [0.2, 0.25) is 0 Å². The van der Waals surface area contributed by atoms with E-state index in [-0.39, 0.29) is 18.4 Å². The first-order chi connectivity index (χ1) is 6.81. The average molecular weight is 225 g/mol. The monoisotopic (exact) mass is 224 g/mol. The first kappa shape index (κ1) is 11.8. The predicted molar refractivity (Wildman–Crippen MR) is 61.0 cm³/mol. The number of nitrogens with two attached hydrogens (primary N) is 1. The molecule has 1 aliphatic rings. The summed E-state index contributed by atoms with van der Waals surface area (Å²) >= 11 is 0. The Labute approximate surface area is 95.1 Å². The summed E-state index contributed by atoms with van der Waals surface area (Å²) in [5.41, 5.74) is 7.20. The highest BCUT2D eigenvalue weighted by Gasteiger charge is 2.21. The summed E-state index contributed by atoms with van der Waals surface area (Å²) in [5.74, 6) is 0. The second-order valence-electron chi connectivity index (χ2n) is 3.48. The Morgan fingerprint density at radius 3 is 3.00 bits per heavy atom. The number of hydrogen-bond donors (Lipinski definition) is 1. The molecule has 0 aromatic carbocycles. The molecule has 2 N–H and O–H groups in total. The molecule has 0 spiro atoms. The summed E-state index contributed by atoms with van der Waals surface area (Å²) in [6.07, 6.45) is 2.62. The lowest BCUT2D eigenvalue weighted by Gasteiger charge is -2.18. The Hall–Kier alpha value is -1.31. The van der Waals surface area contributed by atoms with Gasteiger partial charge in [0.2, 0.25) is 0 Å². The zero-order valence-electron chi connectivity index (χ0n) is 8.26. The number of nitrogens with zero attached hydrogens (tertiary/aromatic N) is 3. The number of hydrogen-bond acceptors (Lipinski definition) is 4. The van der Waals surface area contributed by atoms with Crippen LogP contribution in [0, 0.1) is 11.3 Å². The van der Waals surface area contributed by atoms with Gasteiger partial charge < -0.3 is 10.6 Å². The van der Waals surface area contributed by atoms with Crippen LogP contribution in [0.1, 0.15) is 12.1 Å². The van der Waals surface area contributed by atoms with E-state index in [4.69, 9.17) is 11.0 Å². The summed E-state index contributed by atoms with van der Waals surface area (Å²) in [7, 11) is 0. The standard InChI is InChI=1S/C10H12N4.ClH/c11-6-9-10(2-1-4-13-9)14-5-3-8(12)7-14;/h1-2,4,8H,3,5,7,12H2;1H/t8-;/m0./s1. The molecule has 0 bridgehead atoms. The maximum atomic E-state index is 8.87. The van der Waals surface area contributed by atoms with Gasteiger partial charge in [-0.3, -0.25) is 0 Å². The fraction of sp³-hybridized carbons (Fsp3) is 0.400. The summed E-state index contributed by atoms with van der Waals surface area (Å²) < 4.78 is 0. The van der Waals surface area contributed by atoms with Crippen LogP contribution in [0.4, 0.5) is 5.69 Å². The van der Waals surface area contributed by atoms with Crippen LogP contribution in [0.15, 0.2) is 18.3 Å². The Bertz CT molecular complexity index is 374. The number of nitriles is 1. The van der Waals surface area contributed by atoms with Crippen molar-refractivity contribution in [2.45, 2.75) is 12.5 Å². The van der Waals surface area contributed by atoms with Gasteiger partial charge >= 0.3 is 0 Å². The van der Waals surface area contributed by atoms with Gasteiger partial charge in [-0.1, -0.05) is 0 Å². The van der Waals surface area contributed by atoms with Crippen LogP contribution < -0.4 is 10.6 Å². The first-order valence-electron chi connectivity index (χ1n) is 4.67. The molecule has 0 radical (unpaired) electrons. The molecule has 1 aliphatic heterocycles. The molecule has 1 saturated heterocycles. The van der Waals surface area contributed by atoms with Gasteiger partial charge in [-0.05, 0) is 18.6 Å². The van der Waals surface area contributed by atoms with Crippen LogP contribution in [0.3, 0.4) is 0 Å². The van der Waals surface area contributed by atoms with Gasteiger partial charge in [0.15, 0.2) is 5.69 Å². The largest absolute Gasteiger partial charge is 0.368 e. The quantitative estimate of drug-likeness (QED) is 0.770. The molecule has 1 aromatic rings. The van der Waals surface area contributed by atoms with Crippen molar-refractivity contribution in [3.05, 3.63) is 24.0 Å². The van der Waals surface area contributed by atoms with E-state index in [0.29, 0.717) is 5.69 Å². The van der Waals surface area contributed by atoms with Crippen LogP contribution in [-0.4, -0.2) is 24.1 Å². The third-order valence-electron chi connectivity index (χ3n) is 2.46. The fourth-order valence-electron chi connectivity index (χ4n) is 1.74. The highest BCUT2D eigenvalue weighted by Crippen LogP contribution is 2.21. The maximum Gasteiger partial charge on any atom is 0.163 e. The lowest BCUT2D eigenvalue weighted by atomic mass is 10.3. The summed E-state index contributed by atoms with van der Waals surface area (Å²) in [6.45, 7) is 1.74. The van der Waals surface area contributed by atoms with Crippen molar-refractivity contribution >= 4 is 18.1 Å². The molecule has 0 saturated carbocycles. The molecule has 1 fully saturated rings. The van der Waals surface area contributed by atoms with Crippen molar-refractivity contribution in [1.82, 2.24) is 4.98 Å². The van der Waals surface area contributed by atoms with Gasteiger partial charge in [0.25, 0.3) is 0 Å². The lowest BCUT2D eigenvalue weighted by molar-refractivity contribution is 0.752. The van der Waals surface area contributed by atoms with E-state index >= 15 is 0 Å². The van der Waals surface area contributed by atoms with Gasteiger partial charge in [-0.25, -0.2) is 4.98 Å². The third-order valence-corrected chi connectivity index (χ3v) is 2.46. The highest BCUT2D eigenvalue weighted by atomic mass is 35.5. The summed E-state index contributed by atoms with van der Waals surface area (Å²) in [6, 6.07) is 6.09. The molecule has 2 heterocycles. The lowest BCUT2D eigenvalue weighted by Crippen LogP contribution is -2.26. The van der Waals surface area contributed by atoms with E-state index < -0.39 is 0 Å². The minimum absolute atomic E-state index is 0. The van der Waals surface area contributed by atoms with E-state index in [9.17, 15) is 0 Å². The highest BCUT2D eigenvalue weighted by molar-refractivity contribution is 5.85. The Morgan fingerprint density at radius 2 is 2.40 bits per heavy atom. The molecular formula is C10H13ClN4. The molecule has 0 amide bonds. The zero-order valence-corrected chi connectivity index (χ0v) is 9.07. The van der Waals surface area contributed by atoms with Gasteiger partial charge in [0.05, 0.1) is 5.69 Å². The van der Waals surface area contributed by atoms with Gasteiger partial charge in [0, 0.05) is 25.3 Å². The first-order valence-corrected chi connectivity index (χ1v) is 4.67. The topological polar surface area (TPSA) is 65.9 Å². The van der Waals surface area contributed by atoms with Crippen LogP contribution in [-0.2, 0) is 0 Å². The van der Waals surface area contributed by atoms with Crippen molar-refractivity contribution in [2.75, 3.05) is 18.0 Å². The minimum Gasteiger partial charge on any atom is -0.368 e. The number of pyridine rings is 1. The zero-order chi connectivity index (χ0) is 9.97. The molecule has 4 nitrogen and oxygen atoms in total. The number of rotatable bonds is 1. The van der Waals surface area contributed by atoms with E-state index in [1.165, 1.54) is 0 Å². The van der Waals surface area contributed by atoms with Gasteiger partial charge in [-0.2, -0.15) is 5.26 Å². The van der Waals surface area contributed by atoms with Crippen molar-refractivity contribution < 1.29 is 0 Å². The number of aromatic nitrogens is 1. The van der Waals surface area contributed by atoms with Crippen molar-refractivity contribution in [3.8, 4) is 6.07 Å². The van der Waals surface area contributed by atoms with E-state index in [2.05, 4.69) is 16.0 Å². The Morgan fingerprint density at radius 1 is 1.60 bits per heavy atom. The molecule has 0 aliphatic carbocycles. The van der Waals surface area contributed by atoms with Gasteiger partial charge in [0.1, 0.15) is 6.07 Å². The molecule has 80 valence electrons. The Balaban J connectivity index is 0.00000112. The molecule has 15 heavy (non-hydrogen) atoms. The van der Waals surface area contributed by atoms with Gasteiger partial charge in [-0.15, -0.1) is 12.4 Å². The molecule has 1 aromatic heterocycles. The average Bonchev–Trinajstić information content (AvgIpc) is 2.65. The maximum absolute atomic E-state index is 8.87. The molecular weight excluding hydrogens is 212 g/mol. The Kier molecular flexibility index (Phi) is 3.89.